The van der Waals surface area contributed by atoms with E-state index in [0.29, 0.717) is 12.3 Å². The summed E-state index contributed by atoms with van der Waals surface area (Å²) in [5, 5.41) is 0. The Morgan fingerprint density at radius 3 is 2.35 bits per heavy atom. The maximum atomic E-state index is 12.6. The van der Waals surface area contributed by atoms with Gasteiger partial charge in [0.05, 0.1) is 11.5 Å². The lowest BCUT2D eigenvalue weighted by Crippen LogP contribution is -2.13. The van der Waals surface area contributed by atoms with E-state index >= 15 is 0 Å². The summed E-state index contributed by atoms with van der Waals surface area (Å²) in [6.45, 7) is 6.49. The van der Waals surface area contributed by atoms with Crippen LogP contribution in [0.1, 0.15) is 32.3 Å². The first-order valence-corrected chi connectivity index (χ1v) is 9.95. The zero-order chi connectivity index (χ0) is 17.0. The molecule has 2 rings (SSSR count). The molecule has 23 heavy (non-hydrogen) atoms. The van der Waals surface area contributed by atoms with Gasteiger partial charge in [0.15, 0.2) is 0 Å². The molecule has 0 radical (unpaired) electrons. The number of hydrogen-bond acceptors (Lipinski definition) is 3. The third-order valence-corrected chi connectivity index (χ3v) is 5.41. The Morgan fingerprint density at radius 1 is 1.13 bits per heavy atom. The van der Waals surface area contributed by atoms with E-state index in [1.807, 2.05) is 32.9 Å². The van der Waals surface area contributed by atoms with Crippen molar-refractivity contribution in [1.82, 2.24) is 0 Å². The van der Waals surface area contributed by atoms with Crippen LogP contribution in [0.3, 0.4) is 0 Å². The second-order valence-corrected chi connectivity index (χ2v) is 8.33. The Kier molecular flexibility index (Phi) is 5.91. The van der Waals surface area contributed by atoms with Gasteiger partial charge in [0, 0.05) is 9.26 Å². The Morgan fingerprint density at radius 2 is 1.78 bits per heavy atom. The van der Waals surface area contributed by atoms with Gasteiger partial charge in [-0.15, -0.1) is 0 Å². The van der Waals surface area contributed by atoms with Crippen LogP contribution in [0.2, 0.25) is 0 Å². The minimum Gasteiger partial charge on any atom is -0.494 e. The van der Waals surface area contributed by atoms with Crippen LogP contribution < -0.4 is 9.46 Å². The van der Waals surface area contributed by atoms with Crippen LogP contribution in [0.15, 0.2) is 47.4 Å². The number of ether oxygens (including phenoxy) is 1. The van der Waals surface area contributed by atoms with Gasteiger partial charge in [0.25, 0.3) is 10.0 Å². The predicted octanol–water partition coefficient (Wildman–Crippen LogP) is 4.61. The summed E-state index contributed by atoms with van der Waals surface area (Å²) in [5.74, 6) is 0.903. The molecule has 0 amide bonds. The molecule has 4 nitrogen and oxygen atoms in total. The standard InChI is InChI=1S/C17H20INO3S/c1-4-22-17-10-9-15(11-16(17)12(2)3)23(20,21)19-14-7-5-13(18)6-8-14/h5-12,19H,4H2,1-3H3. The van der Waals surface area contributed by atoms with Crippen molar-refractivity contribution in [3.8, 4) is 5.75 Å². The molecule has 0 aliphatic rings. The minimum atomic E-state index is -3.62. The average molecular weight is 445 g/mol. The molecule has 0 unspecified atom stereocenters. The van der Waals surface area contributed by atoms with Crippen molar-refractivity contribution < 1.29 is 13.2 Å². The fourth-order valence-corrected chi connectivity index (χ4v) is 3.62. The van der Waals surface area contributed by atoms with Gasteiger partial charge in [-0.3, -0.25) is 4.72 Å². The molecule has 0 saturated carbocycles. The average Bonchev–Trinajstić information content (AvgIpc) is 2.49. The molecule has 0 aromatic heterocycles. The van der Waals surface area contributed by atoms with E-state index in [4.69, 9.17) is 4.74 Å². The smallest absolute Gasteiger partial charge is 0.261 e. The molecule has 0 aliphatic heterocycles. The topological polar surface area (TPSA) is 55.4 Å². The second kappa shape index (κ2) is 7.53. The summed E-state index contributed by atoms with van der Waals surface area (Å²) < 4.78 is 34.4. The van der Waals surface area contributed by atoms with Crippen LogP contribution in [-0.4, -0.2) is 15.0 Å². The first-order valence-electron chi connectivity index (χ1n) is 7.38. The number of benzene rings is 2. The molecule has 0 spiro atoms. The van der Waals surface area contributed by atoms with Crippen molar-refractivity contribution in [2.75, 3.05) is 11.3 Å². The maximum absolute atomic E-state index is 12.6. The first kappa shape index (κ1) is 18.1. The Bertz CT molecular complexity index is 771. The van der Waals surface area contributed by atoms with Gasteiger partial charge in [-0.2, -0.15) is 0 Å². The van der Waals surface area contributed by atoms with Gasteiger partial charge in [-0.25, -0.2) is 8.42 Å². The van der Waals surface area contributed by atoms with E-state index in [2.05, 4.69) is 27.3 Å². The highest BCUT2D eigenvalue weighted by Crippen LogP contribution is 2.30. The van der Waals surface area contributed by atoms with Crippen LogP contribution in [0.4, 0.5) is 5.69 Å². The van der Waals surface area contributed by atoms with Crippen LogP contribution >= 0.6 is 22.6 Å². The fourth-order valence-electron chi connectivity index (χ4n) is 2.16. The molecule has 2 aromatic rings. The van der Waals surface area contributed by atoms with Crippen molar-refractivity contribution in [3.05, 3.63) is 51.6 Å². The zero-order valence-corrected chi connectivity index (χ0v) is 16.3. The van der Waals surface area contributed by atoms with Gasteiger partial charge in [-0.1, -0.05) is 13.8 Å². The van der Waals surface area contributed by atoms with Gasteiger partial charge >= 0.3 is 0 Å². The molecule has 0 fully saturated rings. The molecule has 0 aliphatic carbocycles. The number of nitrogens with one attached hydrogen (secondary N) is 1. The maximum Gasteiger partial charge on any atom is 0.261 e. The normalized spacial score (nSPS) is 11.5. The molecule has 1 N–H and O–H groups in total. The minimum absolute atomic E-state index is 0.171. The molecular weight excluding hydrogens is 425 g/mol. The number of halogens is 1. The van der Waals surface area contributed by atoms with Crippen molar-refractivity contribution >= 4 is 38.3 Å². The molecule has 0 atom stereocenters. The van der Waals surface area contributed by atoms with E-state index in [-0.39, 0.29) is 10.8 Å². The number of sulfonamides is 1. The fraction of sp³-hybridized carbons (Fsp3) is 0.294. The largest absolute Gasteiger partial charge is 0.494 e. The molecule has 0 saturated heterocycles. The Labute approximate surface area is 151 Å². The van der Waals surface area contributed by atoms with E-state index < -0.39 is 10.0 Å². The molecule has 0 heterocycles. The van der Waals surface area contributed by atoms with Crippen molar-refractivity contribution in [2.24, 2.45) is 0 Å². The molecule has 0 bridgehead atoms. The molecular formula is C17H20INO3S. The van der Waals surface area contributed by atoms with Gasteiger partial charge < -0.3 is 4.74 Å². The third kappa shape index (κ3) is 4.60. The van der Waals surface area contributed by atoms with Gasteiger partial charge in [0.2, 0.25) is 0 Å². The summed E-state index contributed by atoms with van der Waals surface area (Å²) in [5.41, 5.74) is 1.43. The van der Waals surface area contributed by atoms with Gasteiger partial charge in [-0.05, 0) is 83.5 Å². The lowest BCUT2D eigenvalue weighted by atomic mass is 10.0. The number of rotatable bonds is 6. The lowest BCUT2D eigenvalue weighted by molar-refractivity contribution is 0.335. The summed E-state index contributed by atoms with van der Waals surface area (Å²) in [6.07, 6.45) is 0. The summed E-state index contributed by atoms with van der Waals surface area (Å²) in [6, 6.07) is 12.2. The van der Waals surface area contributed by atoms with E-state index in [1.165, 1.54) is 0 Å². The summed E-state index contributed by atoms with van der Waals surface area (Å²) in [4.78, 5) is 0.239. The monoisotopic (exact) mass is 445 g/mol. The number of hydrogen-bond donors (Lipinski definition) is 1. The van der Waals surface area contributed by atoms with Crippen LogP contribution in [0.25, 0.3) is 0 Å². The zero-order valence-electron chi connectivity index (χ0n) is 13.3. The quantitative estimate of drug-likeness (QED) is 0.661. The predicted molar refractivity (Wildman–Crippen MR) is 102 cm³/mol. The molecule has 6 heteroatoms. The number of anilines is 1. The third-order valence-electron chi connectivity index (χ3n) is 3.31. The Balaban J connectivity index is 2.35. The summed E-state index contributed by atoms with van der Waals surface area (Å²) in [7, 11) is -3.62. The highest BCUT2D eigenvalue weighted by molar-refractivity contribution is 14.1. The lowest BCUT2D eigenvalue weighted by Gasteiger charge is -2.15. The van der Waals surface area contributed by atoms with Gasteiger partial charge in [0.1, 0.15) is 5.75 Å². The van der Waals surface area contributed by atoms with Crippen molar-refractivity contribution in [1.29, 1.82) is 0 Å². The molecule has 124 valence electrons. The highest BCUT2D eigenvalue weighted by atomic mass is 127. The van der Waals surface area contributed by atoms with E-state index in [0.717, 1.165) is 14.9 Å². The Hall–Kier alpha value is -1.28. The molecule has 2 aromatic carbocycles. The highest BCUT2D eigenvalue weighted by Gasteiger charge is 2.18. The van der Waals surface area contributed by atoms with Crippen LogP contribution in [0.5, 0.6) is 5.75 Å². The SMILES string of the molecule is CCOc1ccc(S(=O)(=O)Nc2ccc(I)cc2)cc1C(C)C. The van der Waals surface area contributed by atoms with E-state index in [1.54, 1.807) is 30.3 Å². The van der Waals surface area contributed by atoms with Crippen molar-refractivity contribution in [3.63, 3.8) is 0 Å². The van der Waals surface area contributed by atoms with Crippen LogP contribution in [-0.2, 0) is 10.0 Å². The summed E-state index contributed by atoms with van der Waals surface area (Å²) >= 11 is 2.18. The second-order valence-electron chi connectivity index (χ2n) is 5.40. The van der Waals surface area contributed by atoms with Crippen molar-refractivity contribution in [2.45, 2.75) is 31.6 Å². The van der Waals surface area contributed by atoms with E-state index in [9.17, 15) is 8.42 Å². The van der Waals surface area contributed by atoms with Crippen LogP contribution in [0, 0.1) is 3.57 Å². The first-order chi connectivity index (χ1) is 10.8.